The minimum atomic E-state index is 0.0217. The Morgan fingerprint density at radius 1 is 1.50 bits per heavy atom. The molecule has 1 atom stereocenters. The summed E-state index contributed by atoms with van der Waals surface area (Å²) < 4.78 is 11.2. The highest BCUT2D eigenvalue weighted by Crippen LogP contribution is 2.46. The van der Waals surface area contributed by atoms with Crippen molar-refractivity contribution >= 4 is 17.7 Å². The first-order valence-electron chi connectivity index (χ1n) is 8.13. The van der Waals surface area contributed by atoms with Gasteiger partial charge in [-0.15, -0.1) is 11.8 Å². The summed E-state index contributed by atoms with van der Waals surface area (Å²) in [5, 5.41) is 3.75. The first-order valence-corrected chi connectivity index (χ1v) is 9.12. The van der Waals surface area contributed by atoms with Gasteiger partial charge in [0, 0.05) is 43.9 Å². The highest BCUT2D eigenvalue weighted by molar-refractivity contribution is 8.01. The van der Waals surface area contributed by atoms with Crippen molar-refractivity contribution in [3.8, 4) is 5.88 Å². The van der Waals surface area contributed by atoms with Crippen LogP contribution in [0.15, 0.2) is 35.1 Å². The molecule has 2 aliphatic rings. The third kappa shape index (κ3) is 2.77. The van der Waals surface area contributed by atoms with Crippen molar-refractivity contribution in [2.75, 3.05) is 18.8 Å². The maximum atomic E-state index is 12.6. The van der Waals surface area contributed by atoms with Gasteiger partial charge in [-0.05, 0) is 6.07 Å². The number of carbonyl (C=O) groups is 1. The molecule has 24 heavy (non-hydrogen) atoms. The molecule has 4 rings (SSSR count). The monoisotopic (exact) mass is 345 g/mol. The second-order valence-electron chi connectivity index (χ2n) is 6.28. The van der Waals surface area contributed by atoms with Gasteiger partial charge in [0.25, 0.3) is 5.91 Å². The molecule has 2 saturated heterocycles. The number of ether oxygens (including phenoxy) is 1. The fourth-order valence-corrected chi connectivity index (χ4v) is 4.87. The van der Waals surface area contributed by atoms with Crippen molar-refractivity contribution < 1.29 is 14.1 Å². The minimum absolute atomic E-state index is 0.0217. The van der Waals surface area contributed by atoms with Gasteiger partial charge in [0.2, 0.25) is 5.88 Å². The quantitative estimate of drug-likeness (QED) is 0.848. The molecule has 7 heteroatoms. The number of rotatable bonds is 4. The van der Waals surface area contributed by atoms with Crippen molar-refractivity contribution in [3.05, 3.63) is 41.9 Å². The fourth-order valence-electron chi connectivity index (χ4n) is 3.34. The van der Waals surface area contributed by atoms with E-state index in [4.69, 9.17) is 9.26 Å². The summed E-state index contributed by atoms with van der Waals surface area (Å²) in [5.41, 5.74) is 0.594. The number of amides is 1. The molecule has 2 aliphatic heterocycles. The van der Waals surface area contributed by atoms with Gasteiger partial charge < -0.3 is 14.2 Å². The normalized spacial score (nSPS) is 21.7. The largest absolute Gasteiger partial charge is 0.473 e. The van der Waals surface area contributed by atoms with Gasteiger partial charge in [0.15, 0.2) is 0 Å². The van der Waals surface area contributed by atoms with E-state index in [1.807, 2.05) is 41.8 Å². The first-order chi connectivity index (χ1) is 11.7. The van der Waals surface area contributed by atoms with Crippen LogP contribution in [0.5, 0.6) is 5.88 Å². The fraction of sp³-hybridized carbons (Fsp3) is 0.471. The van der Waals surface area contributed by atoms with Crippen LogP contribution in [-0.2, 0) is 6.42 Å². The van der Waals surface area contributed by atoms with Gasteiger partial charge in [0.1, 0.15) is 17.4 Å². The van der Waals surface area contributed by atoms with Crippen LogP contribution in [0.2, 0.25) is 0 Å². The van der Waals surface area contributed by atoms with Crippen molar-refractivity contribution in [1.82, 2.24) is 15.0 Å². The molecular formula is C17H19N3O3S. The summed E-state index contributed by atoms with van der Waals surface area (Å²) in [6.07, 6.45) is 5.04. The number of likely N-dealkylation sites (tertiary alicyclic amines) is 1. The molecule has 1 spiro atoms. The molecule has 2 aromatic heterocycles. The molecular weight excluding hydrogens is 326 g/mol. The lowest BCUT2D eigenvalue weighted by atomic mass is 9.92. The van der Waals surface area contributed by atoms with Crippen molar-refractivity contribution in [2.45, 2.75) is 30.6 Å². The molecule has 0 bridgehead atoms. The van der Waals surface area contributed by atoms with Gasteiger partial charge >= 0.3 is 0 Å². The third-order valence-electron chi connectivity index (χ3n) is 4.54. The molecule has 0 aromatic carbocycles. The summed E-state index contributed by atoms with van der Waals surface area (Å²) in [4.78, 5) is 18.6. The lowest BCUT2D eigenvalue weighted by Crippen LogP contribution is -2.60. The van der Waals surface area contributed by atoms with Crippen LogP contribution in [0.25, 0.3) is 0 Å². The maximum absolute atomic E-state index is 12.6. The smallest absolute Gasteiger partial charge is 0.259 e. The zero-order valence-electron chi connectivity index (χ0n) is 13.5. The van der Waals surface area contributed by atoms with E-state index in [1.54, 1.807) is 6.20 Å². The van der Waals surface area contributed by atoms with Gasteiger partial charge in [-0.1, -0.05) is 18.1 Å². The van der Waals surface area contributed by atoms with Crippen LogP contribution in [0.1, 0.15) is 29.5 Å². The summed E-state index contributed by atoms with van der Waals surface area (Å²) >= 11 is 1.90. The second-order valence-corrected chi connectivity index (χ2v) is 7.77. The molecule has 4 heterocycles. The summed E-state index contributed by atoms with van der Waals surface area (Å²) in [6, 6.07) is 5.68. The van der Waals surface area contributed by atoms with E-state index in [1.165, 1.54) is 6.20 Å². The number of carbonyl (C=O) groups excluding carboxylic acids is 1. The average molecular weight is 345 g/mol. The van der Waals surface area contributed by atoms with E-state index in [2.05, 4.69) is 10.1 Å². The van der Waals surface area contributed by atoms with Gasteiger partial charge in [-0.25, -0.2) is 4.98 Å². The number of hydrogen-bond donors (Lipinski definition) is 0. The highest BCUT2D eigenvalue weighted by atomic mass is 32.2. The lowest BCUT2D eigenvalue weighted by Gasteiger charge is -2.47. The predicted molar refractivity (Wildman–Crippen MR) is 90.2 cm³/mol. The standard InChI is InChI=1S/C17H19N3O3S/c1-2-14-13(8-19-23-14)16(21)20-10-17(11-20)7-12(9-24-17)22-15-5-3-4-6-18-15/h3-6,8,12H,2,7,9-11H2,1H3/t12-/m1/s1. The first kappa shape index (κ1) is 15.5. The number of thioether (sulfide) groups is 1. The zero-order chi connectivity index (χ0) is 16.6. The maximum Gasteiger partial charge on any atom is 0.259 e. The van der Waals surface area contributed by atoms with Crippen LogP contribution >= 0.6 is 11.8 Å². The molecule has 0 aliphatic carbocycles. The van der Waals surface area contributed by atoms with Crippen molar-refractivity contribution in [2.24, 2.45) is 0 Å². The van der Waals surface area contributed by atoms with Crippen LogP contribution in [0, 0.1) is 0 Å². The highest BCUT2D eigenvalue weighted by Gasteiger charge is 2.51. The summed E-state index contributed by atoms with van der Waals surface area (Å²) in [6.45, 7) is 3.47. The van der Waals surface area contributed by atoms with Gasteiger partial charge in [0.05, 0.1) is 10.9 Å². The van der Waals surface area contributed by atoms with Crippen molar-refractivity contribution in [3.63, 3.8) is 0 Å². The number of aromatic nitrogens is 2. The lowest BCUT2D eigenvalue weighted by molar-refractivity contribution is 0.0513. The van der Waals surface area contributed by atoms with Crippen LogP contribution in [0.3, 0.4) is 0 Å². The van der Waals surface area contributed by atoms with Crippen LogP contribution in [0.4, 0.5) is 0 Å². The molecule has 126 valence electrons. The Kier molecular flexibility index (Phi) is 3.96. The molecule has 2 aromatic rings. The third-order valence-corrected chi connectivity index (χ3v) is 6.12. The Bertz CT molecular complexity index is 728. The molecule has 0 saturated carbocycles. The number of nitrogens with zero attached hydrogens (tertiary/aromatic N) is 3. The van der Waals surface area contributed by atoms with Crippen LogP contribution in [-0.4, -0.2) is 50.6 Å². The Balaban J connectivity index is 1.35. The van der Waals surface area contributed by atoms with E-state index >= 15 is 0 Å². The molecule has 2 fully saturated rings. The van der Waals surface area contributed by atoms with Crippen molar-refractivity contribution in [1.29, 1.82) is 0 Å². The average Bonchev–Trinajstić information content (AvgIpc) is 3.20. The Labute approximate surface area is 144 Å². The van der Waals surface area contributed by atoms with E-state index in [0.717, 1.165) is 25.3 Å². The molecule has 0 radical (unpaired) electrons. The number of hydrogen-bond acceptors (Lipinski definition) is 6. The number of pyridine rings is 1. The van der Waals surface area contributed by atoms with Gasteiger partial charge in [-0.3, -0.25) is 4.79 Å². The SMILES string of the molecule is CCc1oncc1C(=O)N1CC2(C[C@@H](Oc3ccccn3)CS2)C1. The minimum Gasteiger partial charge on any atom is -0.473 e. The van der Waals surface area contributed by atoms with E-state index in [-0.39, 0.29) is 16.8 Å². The predicted octanol–water partition coefficient (Wildman–Crippen LogP) is 2.41. The molecule has 0 N–H and O–H groups in total. The van der Waals surface area contributed by atoms with Gasteiger partial charge in [-0.2, -0.15) is 0 Å². The van der Waals surface area contributed by atoms with E-state index in [0.29, 0.717) is 23.6 Å². The number of aryl methyl sites for hydroxylation is 1. The van der Waals surface area contributed by atoms with E-state index < -0.39 is 0 Å². The molecule has 0 unspecified atom stereocenters. The molecule has 6 nitrogen and oxygen atoms in total. The Hall–Kier alpha value is -2.02. The summed E-state index contributed by atoms with van der Waals surface area (Å²) in [7, 11) is 0. The van der Waals surface area contributed by atoms with Crippen LogP contribution < -0.4 is 4.74 Å². The van der Waals surface area contributed by atoms with E-state index in [9.17, 15) is 4.79 Å². The Morgan fingerprint density at radius 2 is 2.38 bits per heavy atom. The topological polar surface area (TPSA) is 68.5 Å². The summed E-state index contributed by atoms with van der Waals surface area (Å²) in [5.74, 6) is 2.29. The zero-order valence-corrected chi connectivity index (χ0v) is 14.3. The Morgan fingerprint density at radius 3 is 3.12 bits per heavy atom. The molecule has 1 amide bonds. The second kappa shape index (κ2) is 6.12.